The van der Waals surface area contributed by atoms with Crippen LogP contribution in [0.5, 0.6) is 5.75 Å². The van der Waals surface area contributed by atoms with Gasteiger partial charge in [-0.25, -0.2) is 4.79 Å². The van der Waals surface area contributed by atoms with Crippen LogP contribution in [0.1, 0.15) is 0 Å². The van der Waals surface area contributed by atoms with Crippen molar-refractivity contribution >= 4 is 28.6 Å². The van der Waals surface area contributed by atoms with E-state index in [1.54, 1.807) is 24.3 Å². The van der Waals surface area contributed by atoms with Gasteiger partial charge in [0.1, 0.15) is 19.0 Å². The molecule has 0 fully saturated rings. The van der Waals surface area contributed by atoms with Crippen LogP contribution >= 0.6 is 23.2 Å². The standard InChI is InChI=1S/C9H8Cl2O3/c10-7-1-3-8(4-2-7)13-5-6-14-9(11)12/h1-4H,5-6H2. The van der Waals surface area contributed by atoms with Gasteiger partial charge in [0.2, 0.25) is 0 Å². The number of carbonyl (C=O) groups is 1. The molecule has 76 valence electrons. The molecule has 0 radical (unpaired) electrons. The van der Waals surface area contributed by atoms with E-state index < -0.39 is 5.43 Å². The Morgan fingerprint density at radius 1 is 1.21 bits per heavy atom. The van der Waals surface area contributed by atoms with Gasteiger partial charge in [-0.3, -0.25) is 0 Å². The molecule has 0 aliphatic carbocycles. The van der Waals surface area contributed by atoms with Gasteiger partial charge < -0.3 is 9.47 Å². The van der Waals surface area contributed by atoms with Crippen LogP contribution < -0.4 is 4.74 Å². The molecule has 0 spiro atoms. The van der Waals surface area contributed by atoms with E-state index in [9.17, 15) is 4.79 Å². The van der Waals surface area contributed by atoms with E-state index in [0.717, 1.165) is 0 Å². The molecule has 0 unspecified atom stereocenters. The molecule has 0 aliphatic heterocycles. The molecule has 0 bridgehead atoms. The van der Waals surface area contributed by atoms with Crippen molar-refractivity contribution in [2.24, 2.45) is 0 Å². The first-order valence-electron chi connectivity index (χ1n) is 3.89. The molecule has 0 saturated heterocycles. The van der Waals surface area contributed by atoms with Crippen LogP contribution in [0.2, 0.25) is 5.02 Å². The maximum absolute atomic E-state index is 10.2. The highest BCUT2D eigenvalue weighted by molar-refractivity contribution is 6.61. The van der Waals surface area contributed by atoms with Crippen LogP contribution in [0.4, 0.5) is 4.79 Å². The second-order valence-corrected chi connectivity index (χ2v) is 3.13. The molecule has 0 heterocycles. The summed E-state index contributed by atoms with van der Waals surface area (Å²) in [6.07, 6.45) is 0. The molecule has 0 saturated carbocycles. The van der Waals surface area contributed by atoms with Gasteiger partial charge in [0.25, 0.3) is 0 Å². The predicted molar refractivity (Wildman–Crippen MR) is 54.1 cm³/mol. The number of carbonyl (C=O) groups excluding carboxylic acids is 1. The number of benzene rings is 1. The smallest absolute Gasteiger partial charge is 0.403 e. The van der Waals surface area contributed by atoms with Gasteiger partial charge in [0, 0.05) is 16.6 Å². The third-order valence-corrected chi connectivity index (χ3v) is 1.74. The molecule has 14 heavy (non-hydrogen) atoms. The summed E-state index contributed by atoms with van der Waals surface area (Å²) in [6.45, 7) is 0.394. The zero-order chi connectivity index (χ0) is 10.4. The van der Waals surface area contributed by atoms with Crippen LogP contribution in [0.25, 0.3) is 0 Å². The van der Waals surface area contributed by atoms with E-state index in [1.807, 2.05) is 0 Å². The fraction of sp³-hybridized carbons (Fsp3) is 0.222. The molecule has 5 heteroatoms. The zero-order valence-corrected chi connectivity index (χ0v) is 8.72. The number of halogens is 2. The lowest BCUT2D eigenvalue weighted by Crippen LogP contribution is -2.07. The number of hydrogen-bond donors (Lipinski definition) is 0. The lowest BCUT2D eigenvalue weighted by atomic mass is 10.3. The van der Waals surface area contributed by atoms with Gasteiger partial charge in [-0.1, -0.05) is 11.6 Å². The predicted octanol–water partition coefficient (Wildman–Crippen LogP) is 3.09. The SMILES string of the molecule is O=C(Cl)OCCOc1ccc(Cl)cc1. The third-order valence-electron chi connectivity index (χ3n) is 1.38. The highest BCUT2D eigenvalue weighted by atomic mass is 35.5. The van der Waals surface area contributed by atoms with Gasteiger partial charge in [-0.2, -0.15) is 0 Å². The van der Waals surface area contributed by atoms with Crippen molar-refractivity contribution < 1.29 is 14.3 Å². The van der Waals surface area contributed by atoms with Gasteiger partial charge >= 0.3 is 5.43 Å². The Kier molecular flexibility index (Phi) is 4.56. The fourth-order valence-electron chi connectivity index (χ4n) is 0.812. The Bertz CT molecular complexity index is 297. The van der Waals surface area contributed by atoms with Gasteiger partial charge in [-0.05, 0) is 24.3 Å². The molecule has 1 aromatic carbocycles. The summed E-state index contributed by atoms with van der Waals surface area (Å²) in [5.74, 6) is 0.667. The van der Waals surface area contributed by atoms with Crippen LogP contribution in [-0.2, 0) is 4.74 Å². The quantitative estimate of drug-likeness (QED) is 0.594. The summed E-state index contributed by atoms with van der Waals surface area (Å²) in [6, 6.07) is 6.88. The largest absolute Gasteiger partial charge is 0.490 e. The van der Waals surface area contributed by atoms with Crippen molar-refractivity contribution in [1.82, 2.24) is 0 Å². The average molecular weight is 235 g/mol. The van der Waals surface area contributed by atoms with E-state index >= 15 is 0 Å². The first-order chi connectivity index (χ1) is 6.68. The number of rotatable bonds is 4. The van der Waals surface area contributed by atoms with Gasteiger partial charge in [0.05, 0.1) is 0 Å². The Balaban J connectivity index is 2.25. The van der Waals surface area contributed by atoms with Crippen LogP contribution in [0.15, 0.2) is 24.3 Å². The molecule has 0 aliphatic rings. The topological polar surface area (TPSA) is 35.5 Å². The van der Waals surface area contributed by atoms with Crippen molar-refractivity contribution in [3.63, 3.8) is 0 Å². The minimum atomic E-state index is -0.829. The molecule has 3 nitrogen and oxygen atoms in total. The summed E-state index contributed by atoms with van der Waals surface area (Å²) in [5, 5.41) is 0.643. The summed E-state index contributed by atoms with van der Waals surface area (Å²) in [5.41, 5.74) is -0.829. The summed E-state index contributed by atoms with van der Waals surface area (Å²) >= 11 is 10.6. The first kappa shape index (κ1) is 11.1. The minimum absolute atomic E-state index is 0.130. The maximum atomic E-state index is 10.2. The van der Waals surface area contributed by atoms with Crippen LogP contribution in [0.3, 0.4) is 0 Å². The lowest BCUT2D eigenvalue weighted by Gasteiger charge is -2.05. The maximum Gasteiger partial charge on any atom is 0.403 e. The van der Waals surface area contributed by atoms with Gasteiger partial charge in [0.15, 0.2) is 0 Å². The van der Waals surface area contributed by atoms with Crippen molar-refractivity contribution in [2.75, 3.05) is 13.2 Å². The number of hydrogen-bond acceptors (Lipinski definition) is 3. The van der Waals surface area contributed by atoms with Crippen molar-refractivity contribution in [2.45, 2.75) is 0 Å². The second kappa shape index (κ2) is 5.73. The Labute approximate surface area is 91.5 Å². The third kappa shape index (κ3) is 4.35. The second-order valence-electron chi connectivity index (χ2n) is 2.39. The zero-order valence-electron chi connectivity index (χ0n) is 7.20. The average Bonchev–Trinajstić information content (AvgIpc) is 2.15. The van der Waals surface area contributed by atoms with Crippen molar-refractivity contribution in [1.29, 1.82) is 0 Å². The molecule has 0 aromatic heterocycles. The molecular weight excluding hydrogens is 227 g/mol. The highest BCUT2D eigenvalue weighted by Crippen LogP contribution is 2.15. The normalized spacial score (nSPS) is 9.57. The monoisotopic (exact) mass is 234 g/mol. The van der Waals surface area contributed by atoms with E-state index in [2.05, 4.69) is 4.74 Å². The van der Waals surface area contributed by atoms with Crippen molar-refractivity contribution in [3.8, 4) is 5.75 Å². The molecule has 1 aromatic rings. The van der Waals surface area contributed by atoms with E-state index in [4.69, 9.17) is 27.9 Å². The molecule has 0 N–H and O–H groups in total. The molecular formula is C9H8Cl2O3. The Morgan fingerprint density at radius 2 is 1.86 bits per heavy atom. The van der Waals surface area contributed by atoms with Crippen LogP contribution in [-0.4, -0.2) is 18.6 Å². The van der Waals surface area contributed by atoms with Crippen LogP contribution in [0, 0.1) is 0 Å². The summed E-state index contributed by atoms with van der Waals surface area (Å²) in [7, 11) is 0. The van der Waals surface area contributed by atoms with Gasteiger partial charge in [-0.15, -0.1) is 0 Å². The fourth-order valence-corrected chi connectivity index (χ4v) is 1.02. The first-order valence-corrected chi connectivity index (χ1v) is 4.64. The Hall–Kier alpha value is -0.930. The highest BCUT2D eigenvalue weighted by Gasteiger charge is 1.96. The van der Waals surface area contributed by atoms with E-state index in [1.165, 1.54) is 0 Å². The summed E-state index contributed by atoms with van der Waals surface area (Å²) in [4.78, 5) is 10.2. The summed E-state index contributed by atoms with van der Waals surface area (Å²) < 4.78 is 9.68. The minimum Gasteiger partial charge on any atom is -0.490 e. The molecule has 0 atom stereocenters. The lowest BCUT2D eigenvalue weighted by molar-refractivity contribution is 0.147. The Morgan fingerprint density at radius 3 is 2.43 bits per heavy atom. The van der Waals surface area contributed by atoms with E-state index in [-0.39, 0.29) is 13.2 Å². The van der Waals surface area contributed by atoms with Crippen molar-refractivity contribution in [3.05, 3.63) is 29.3 Å². The molecule has 0 amide bonds. The molecule has 1 rings (SSSR count). The van der Waals surface area contributed by atoms with E-state index in [0.29, 0.717) is 10.8 Å². The number of ether oxygens (including phenoxy) is 2.